The van der Waals surface area contributed by atoms with Gasteiger partial charge in [0.1, 0.15) is 5.82 Å². The molecule has 1 aliphatic rings. The Balaban J connectivity index is 1.57. The Morgan fingerprint density at radius 2 is 2.04 bits per heavy atom. The average molecular weight is 358 g/mol. The Kier molecular flexibility index (Phi) is 3.97. The van der Waals surface area contributed by atoms with E-state index in [0.29, 0.717) is 29.0 Å². The van der Waals surface area contributed by atoms with Crippen LogP contribution < -0.4 is 4.90 Å². The molecule has 0 radical (unpaired) electrons. The summed E-state index contributed by atoms with van der Waals surface area (Å²) in [6, 6.07) is 13.1. The summed E-state index contributed by atoms with van der Waals surface area (Å²) in [6.45, 7) is 0.386. The number of nitrogens with zero attached hydrogens (tertiary/aromatic N) is 3. The van der Waals surface area contributed by atoms with Crippen molar-refractivity contribution in [1.29, 1.82) is 0 Å². The lowest BCUT2D eigenvalue weighted by Crippen LogP contribution is -2.24. The van der Waals surface area contributed by atoms with E-state index in [-0.39, 0.29) is 24.1 Å². The van der Waals surface area contributed by atoms with Crippen LogP contribution in [0.3, 0.4) is 0 Å². The molecule has 0 aliphatic carbocycles. The first-order valence-corrected chi connectivity index (χ1v) is 8.13. The SMILES string of the molecule is O=C1CC(c2noc(-c3cccc(Cl)c3)n2)CN1c1cccc(F)c1. The lowest BCUT2D eigenvalue weighted by Gasteiger charge is -2.15. The summed E-state index contributed by atoms with van der Waals surface area (Å²) in [5.41, 5.74) is 1.25. The zero-order chi connectivity index (χ0) is 17.4. The minimum Gasteiger partial charge on any atom is -0.334 e. The first-order valence-electron chi connectivity index (χ1n) is 7.75. The molecule has 1 aromatic heterocycles. The van der Waals surface area contributed by atoms with Gasteiger partial charge in [0, 0.05) is 35.2 Å². The maximum Gasteiger partial charge on any atom is 0.257 e. The molecule has 3 aromatic rings. The second-order valence-corrected chi connectivity index (χ2v) is 6.29. The van der Waals surface area contributed by atoms with Crippen molar-refractivity contribution in [3.63, 3.8) is 0 Å². The number of anilines is 1. The first-order chi connectivity index (χ1) is 12.1. The number of amides is 1. The Morgan fingerprint density at radius 3 is 2.84 bits per heavy atom. The normalized spacial score (nSPS) is 17.3. The van der Waals surface area contributed by atoms with Crippen molar-refractivity contribution in [1.82, 2.24) is 10.1 Å². The van der Waals surface area contributed by atoms with Crippen LogP contribution in [-0.4, -0.2) is 22.6 Å². The van der Waals surface area contributed by atoms with Gasteiger partial charge in [0.05, 0.1) is 0 Å². The van der Waals surface area contributed by atoms with Gasteiger partial charge in [-0.25, -0.2) is 4.39 Å². The molecule has 1 aliphatic heterocycles. The zero-order valence-electron chi connectivity index (χ0n) is 13.0. The summed E-state index contributed by atoms with van der Waals surface area (Å²) in [5.74, 6) is 0.144. The fraction of sp³-hybridized carbons (Fsp3) is 0.167. The van der Waals surface area contributed by atoms with E-state index in [2.05, 4.69) is 10.1 Å². The fourth-order valence-electron chi connectivity index (χ4n) is 2.91. The van der Waals surface area contributed by atoms with Crippen LogP contribution in [0.25, 0.3) is 11.5 Å². The largest absolute Gasteiger partial charge is 0.334 e. The van der Waals surface area contributed by atoms with E-state index in [1.807, 2.05) is 6.07 Å². The van der Waals surface area contributed by atoms with E-state index >= 15 is 0 Å². The van der Waals surface area contributed by atoms with Crippen LogP contribution in [0.2, 0.25) is 5.02 Å². The van der Waals surface area contributed by atoms with Gasteiger partial charge in [-0.05, 0) is 36.4 Å². The zero-order valence-corrected chi connectivity index (χ0v) is 13.8. The van der Waals surface area contributed by atoms with E-state index in [1.165, 1.54) is 12.1 Å². The van der Waals surface area contributed by atoms with Crippen LogP contribution in [0, 0.1) is 5.82 Å². The molecule has 1 fully saturated rings. The summed E-state index contributed by atoms with van der Waals surface area (Å²) < 4.78 is 18.7. The molecule has 0 saturated carbocycles. The molecule has 4 rings (SSSR count). The molecule has 1 atom stereocenters. The highest BCUT2D eigenvalue weighted by Gasteiger charge is 2.34. The van der Waals surface area contributed by atoms with Gasteiger partial charge in [0.2, 0.25) is 5.91 Å². The third-order valence-corrected chi connectivity index (χ3v) is 4.36. The molecule has 2 aromatic carbocycles. The number of hydrogen-bond acceptors (Lipinski definition) is 4. The quantitative estimate of drug-likeness (QED) is 0.709. The molecule has 5 nitrogen and oxygen atoms in total. The predicted octanol–water partition coefficient (Wildman–Crippen LogP) is 4.05. The maximum atomic E-state index is 13.4. The third-order valence-electron chi connectivity index (χ3n) is 4.12. The molecule has 0 spiro atoms. The van der Waals surface area contributed by atoms with Crippen molar-refractivity contribution < 1.29 is 13.7 Å². The minimum atomic E-state index is -0.378. The minimum absolute atomic E-state index is 0.0929. The van der Waals surface area contributed by atoms with Gasteiger partial charge in [0.25, 0.3) is 5.89 Å². The number of aromatic nitrogens is 2. The lowest BCUT2D eigenvalue weighted by molar-refractivity contribution is -0.117. The molecule has 1 unspecified atom stereocenters. The van der Waals surface area contributed by atoms with Crippen LogP contribution in [0.15, 0.2) is 53.1 Å². The number of hydrogen-bond donors (Lipinski definition) is 0. The summed E-state index contributed by atoms with van der Waals surface area (Å²) in [6.07, 6.45) is 0.255. The molecule has 0 N–H and O–H groups in total. The van der Waals surface area contributed by atoms with E-state index in [4.69, 9.17) is 16.1 Å². The standard InChI is InChI=1S/C18H13ClFN3O2/c19-13-4-1-3-11(7-13)18-21-17(22-25-18)12-8-16(24)23(10-12)15-6-2-5-14(20)9-15/h1-7,9,12H,8,10H2. The summed E-state index contributed by atoms with van der Waals surface area (Å²) in [7, 11) is 0. The second kappa shape index (κ2) is 6.29. The Morgan fingerprint density at radius 1 is 1.20 bits per heavy atom. The Bertz CT molecular complexity index is 943. The number of benzene rings is 2. The predicted molar refractivity (Wildman–Crippen MR) is 90.9 cm³/mol. The average Bonchev–Trinajstić information content (AvgIpc) is 3.21. The highest BCUT2D eigenvalue weighted by molar-refractivity contribution is 6.30. The number of carbonyl (C=O) groups excluding carboxylic acids is 1. The topological polar surface area (TPSA) is 59.2 Å². The van der Waals surface area contributed by atoms with E-state index in [9.17, 15) is 9.18 Å². The molecule has 0 bridgehead atoms. The maximum absolute atomic E-state index is 13.4. The highest BCUT2D eigenvalue weighted by Crippen LogP contribution is 2.32. The van der Waals surface area contributed by atoms with Gasteiger partial charge in [-0.2, -0.15) is 4.98 Å². The number of halogens is 2. The van der Waals surface area contributed by atoms with E-state index in [1.54, 1.807) is 35.2 Å². The molecule has 7 heteroatoms. The van der Waals surface area contributed by atoms with Crippen molar-refractivity contribution in [3.05, 3.63) is 65.2 Å². The van der Waals surface area contributed by atoms with Crippen LogP contribution in [-0.2, 0) is 4.79 Å². The van der Waals surface area contributed by atoms with Crippen LogP contribution in [0.1, 0.15) is 18.2 Å². The number of rotatable bonds is 3. The number of carbonyl (C=O) groups is 1. The van der Waals surface area contributed by atoms with E-state index < -0.39 is 0 Å². The molecule has 1 amide bonds. The molecular weight excluding hydrogens is 345 g/mol. The van der Waals surface area contributed by atoms with Crippen molar-refractivity contribution in [2.45, 2.75) is 12.3 Å². The van der Waals surface area contributed by atoms with Gasteiger partial charge in [-0.1, -0.05) is 28.9 Å². The molecule has 1 saturated heterocycles. The van der Waals surface area contributed by atoms with Crippen molar-refractivity contribution in [2.75, 3.05) is 11.4 Å². The third kappa shape index (κ3) is 3.13. The Labute approximate surface area is 148 Å². The molecular formula is C18H13ClFN3O2. The summed E-state index contributed by atoms with van der Waals surface area (Å²) >= 11 is 5.98. The summed E-state index contributed by atoms with van der Waals surface area (Å²) in [5, 5.41) is 4.58. The lowest BCUT2D eigenvalue weighted by atomic mass is 10.1. The summed E-state index contributed by atoms with van der Waals surface area (Å²) in [4.78, 5) is 18.2. The fourth-order valence-corrected chi connectivity index (χ4v) is 3.10. The molecule has 2 heterocycles. The van der Waals surface area contributed by atoms with Gasteiger partial charge in [0.15, 0.2) is 5.82 Å². The second-order valence-electron chi connectivity index (χ2n) is 5.85. The van der Waals surface area contributed by atoms with Crippen molar-refractivity contribution >= 4 is 23.2 Å². The van der Waals surface area contributed by atoms with Crippen LogP contribution >= 0.6 is 11.6 Å². The van der Waals surface area contributed by atoms with Gasteiger partial charge in [-0.3, -0.25) is 4.79 Å². The Hall–Kier alpha value is -2.73. The highest BCUT2D eigenvalue weighted by atomic mass is 35.5. The van der Waals surface area contributed by atoms with Gasteiger partial charge < -0.3 is 9.42 Å². The van der Waals surface area contributed by atoms with Crippen LogP contribution in [0.4, 0.5) is 10.1 Å². The monoisotopic (exact) mass is 357 g/mol. The van der Waals surface area contributed by atoms with Crippen LogP contribution in [0.5, 0.6) is 0 Å². The van der Waals surface area contributed by atoms with Crippen molar-refractivity contribution in [2.24, 2.45) is 0 Å². The smallest absolute Gasteiger partial charge is 0.257 e. The van der Waals surface area contributed by atoms with Gasteiger partial charge >= 0.3 is 0 Å². The van der Waals surface area contributed by atoms with E-state index in [0.717, 1.165) is 5.56 Å². The van der Waals surface area contributed by atoms with Gasteiger partial charge in [-0.15, -0.1) is 0 Å². The molecule has 126 valence electrons. The first kappa shape index (κ1) is 15.8. The van der Waals surface area contributed by atoms with Crippen molar-refractivity contribution in [3.8, 4) is 11.5 Å². The molecule has 25 heavy (non-hydrogen) atoms.